The van der Waals surface area contributed by atoms with Gasteiger partial charge in [0.05, 0.1) is 6.10 Å². The van der Waals surface area contributed by atoms with Crippen molar-refractivity contribution in [2.24, 2.45) is 0 Å². The summed E-state index contributed by atoms with van der Waals surface area (Å²) in [7, 11) is 0. The second-order valence-corrected chi connectivity index (χ2v) is 3.60. The summed E-state index contributed by atoms with van der Waals surface area (Å²) < 4.78 is 25.4. The lowest BCUT2D eigenvalue weighted by atomic mass is 10.1. The fourth-order valence-electron chi connectivity index (χ4n) is 1.57. The Morgan fingerprint density at radius 3 is 2.57 bits per heavy atom. The van der Waals surface area contributed by atoms with E-state index in [-0.39, 0.29) is 6.10 Å². The van der Waals surface area contributed by atoms with Gasteiger partial charge in [0.15, 0.2) is 11.6 Å². The van der Waals surface area contributed by atoms with E-state index >= 15 is 0 Å². The minimum absolute atomic E-state index is 0.264. The maximum atomic E-state index is 12.8. The monoisotopic (exact) mass is 199 g/mol. The molecule has 0 amide bonds. The summed E-state index contributed by atoms with van der Waals surface area (Å²) in [5, 5.41) is 9.02. The molecule has 1 heterocycles. The quantitative estimate of drug-likeness (QED) is 0.772. The Bertz CT molecular complexity index is 337. The second-order valence-electron chi connectivity index (χ2n) is 3.60. The fraction of sp³-hybridized carbons (Fsp3) is 0.400. The Hall–Kier alpha value is -1.00. The minimum Gasteiger partial charge on any atom is -0.390 e. The number of aliphatic hydroxyl groups excluding tert-OH is 1. The number of aliphatic hydroxyl groups is 1. The molecule has 1 N–H and O–H groups in total. The SMILES string of the molecule is OC1CN(Cc2ccc(F)c(F)c2)C1. The highest BCUT2D eigenvalue weighted by atomic mass is 19.2. The van der Waals surface area contributed by atoms with Gasteiger partial charge in [0.2, 0.25) is 0 Å². The molecule has 1 saturated heterocycles. The zero-order valence-corrected chi connectivity index (χ0v) is 7.58. The predicted molar refractivity (Wildman–Crippen MR) is 47.6 cm³/mol. The van der Waals surface area contributed by atoms with Gasteiger partial charge in [-0.25, -0.2) is 8.78 Å². The highest BCUT2D eigenvalue weighted by Crippen LogP contribution is 2.15. The summed E-state index contributed by atoms with van der Waals surface area (Å²) >= 11 is 0. The Morgan fingerprint density at radius 2 is 2.00 bits per heavy atom. The highest BCUT2D eigenvalue weighted by molar-refractivity contribution is 5.18. The average Bonchev–Trinajstić information content (AvgIpc) is 2.09. The van der Waals surface area contributed by atoms with Crippen molar-refractivity contribution in [2.75, 3.05) is 13.1 Å². The van der Waals surface area contributed by atoms with Crippen molar-refractivity contribution in [3.8, 4) is 0 Å². The molecule has 14 heavy (non-hydrogen) atoms. The summed E-state index contributed by atoms with van der Waals surface area (Å²) in [4.78, 5) is 1.97. The van der Waals surface area contributed by atoms with E-state index in [1.54, 1.807) is 6.07 Å². The van der Waals surface area contributed by atoms with Crippen molar-refractivity contribution < 1.29 is 13.9 Å². The normalized spacial score (nSPS) is 18.2. The van der Waals surface area contributed by atoms with Crippen LogP contribution >= 0.6 is 0 Å². The first-order chi connectivity index (χ1) is 6.65. The minimum atomic E-state index is -0.822. The molecule has 1 aromatic carbocycles. The Balaban J connectivity index is 2.00. The summed E-state index contributed by atoms with van der Waals surface area (Å²) in [5.74, 6) is -1.64. The number of likely N-dealkylation sites (tertiary alicyclic amines) is 1. The van der Waals surface area contributed by atoms with Gasteiger partial charge in [0.25, 0.3) is 0 Å². The molecule has 0 aliphatic carbocycles. The van der Waals surface area contributed by atoms with E-state index < -0.39 is 11.6 Å². The smallest absolute Gasteiger partial charge is 0.159 e. The van der Waals surface area contributed by atoms with E-state index in [9.17, 15) is 8.78 Å². The molecule has 0 unspecified atom stereocenters. The van der Waals surface area contributed by atoms with Crippen LogP contribution in [0.5, 0.6) is 0 Å². The van der Waals surface area contributed by atoms with Gasteiger partial charge in [-0.05, 0) is 17.7 Å². The van der Waals surface area contributed by atoms with Gasteiger partial charge in [0, 0.05) is 19.6 Å². The number of halogens is 2. The van der Waals surface area contributed by atoms with Crippen LogP contribution in [0.1, 0.15) is 5.56 Å². The fourth-order valence-corrected chi connectivity index (χ4v) is 1.57. The zero-order chi connectivity index (χ0) is 10.1. The Kier molecular flexibility index (Phi) is 2.48. The van der Waals surface area contributed by atoms with Crippen molar-refractivity contribution >= 4 is 0 Å². The number of β-amino-alcohol motifs (C(OH)–C–C–N with tert-alkyl or cyclic N) is 1. The summed E-state index contributed by atoms with van der Waals surface area (Å²) in [5.41, 5.74) is 0.732. The molecule has 1 fully saturated rings. The summed E-state index contributed by atoms with van der Waals surface area (Å²) in [6.45, 7) is 1.78. The Labute approximate surface area is 80.8 Å². The number of benzene rings is 1. The lowest BCUT2D eigenvalue weighted by molar-refractivity contribution is -0.00291. The molecule has 1 aliphatic rings. The standard InChI is InChI=1S/C10H11F2NO/c11-9-2-1-7(3-10(9)12)4-13-5-8(14)6-13/h1-3,8,14H,4-6H2. The number of rotatable bonds is 2. The molecule has 0 bridgehead atoms. The van der Waals surface area contributed by atoms with Gasteiger partial charge in [-0.15, -0.1) is 0 Å². The maximum Gasteiger partial charge on any atom is 0.159 e. The number of nitrogens with zero attached hydrogens (tertiary/aromatic N) is 1. The van der Waals surface area contributed by atoms with Crippen molar-refractivity contribution in [1.29, 1.82) is 0 Å². The molecule has 0 saturated carbocycles. The Morgan fingerprint density at radius 1 is 1.29 bits per heavy atom. The van der Waals surface area contributed by atoms with Crippen molar-refractivity contribution in [3.05, 3.63) is 35.4 Å². The molecule has 0 atom stereocenters. The van der Waals surface area contributed by atoms with Crippen LogP contribution in [0.15, 0.2) is 18.2 Å². The van der Waals surface area contributed by atoms with Crippen LogP contribution in [0.25, 0.3) is 0 Å². The topological polar surface area (TPSA) is 23.5 Å². The molecule has 1 aromatic rings. The molecule has 2 nitrogen and oxygen atoms in total. The first-order valence-electron chi connectivity index (χ1n) is 4.49. The predicted octanol–water partition coefficient (Wildman–Crippen LogP) is 1.14. The van der Waals surface area contributed by atoms with E-state index in [2.05, 4.69) is 0 Å². The third kappa shape index (κ3) is 1.91. The first kappa shape index (κ1) is 9.55. The summed E-state index contributed by atoms with van der Waals surface area (Å²) in [6, 6.07) is 3.88. The average molecular weight is 199 g/mol. The van der Waals surface area contributed by atoms with Crippen LogP contribution in [0, 0.1) is 11.6 Å². The molecule has 4 heteroatoms. The van der Waals surface area contributed by atoms with E-state index in [0.717, 1.165) is 11.6 Å². The van der Waals surface area contributed by atoms with Crippen LogP contribution in [-0.4, -0.2) is 29.2 Å². The van der Waals surface area contributed by atoms with Crippen molar-refractivity contribution in [2.45, 2.75) is 12.6 Å². The highest BCUT2D eigenvalue weighted by Gasteiger charge is 2.24. The van der Waals surface area contributed by atoms with Gasteiger partial charge >= 0.3 is 0 Å². The van der Waals surface area contributed by atoms with Crippen LogP contribution < -0.4 is 0 Å². The number of hydrogen-bond donors (Lipinski definition) is 1. The van der Waals surface area contributed by atoms with Crippen LogP contribution in [-0.2, 0) is 6.54 Å². The van der Waals surface area contributed by atoms with E-state index in [1.807, 2.05) is 4.90 Å². The van der Waals surface area contributed by atoms with Gasteiger partial charge in [-0.2, -0.15) is 0 Å². The van der Waals surface area contributed by atoms with Crippen molar-refractivity contribution in [3.63, 3.8) is 0 Å². The van der Waals surface area contributed by atoms with Crippen LogP contribution in [0.2, 0.25) is 0 Å². The molecule has 0 spiro atoms. The van der Waals surface area contributed by atoms with Crippen molar-refractivity contribution in [1.82, 2.24) is 4.90 Å². The zero-order valence-electron chi connectivity index (χ0n) is 7.58. The molecule has 0 aromatic heterocycles. The lowest BCUT2D eigenvalue weighted by Gasteiger charge is -2.35. The van der Waals surface area contributed by atoms with E-state index in [0.29, 0.717) is 19.6 Å². The maximum absolute atomic E-state index is 12.8. The van der Waals surface area contributed by atoms with E-state index in [1.165, 1.54) is 6.07 Å². The largest absolute Gasteiger partial charge is 0.390 e. The van der Waals surface area contributed by atoms with Crippen LogP contribution in [0.3, 0.4) is 0 Å². The van der Waals surface area contributed by atoms with E-state index in [4.69, 9.17) is 5.11 Å². The van der Waals surface area contributed by atoms with Gasteiger partial charge in [0.1, 0.15) is 0 Å². The third-order valence-electron chi connectivity index (χ3n) is 2.33. The lowest BCUT2D eigenvalue weighted by Crippen LogP contribution is -2.49. The van der Waals surface area contributed by atoms with Gasteiger partial charge in [-0.1, -0.05) is 6.07 Å². The van der Waals surface area contributed by atoms with Gasteiger partial charge < -0.3 is 5.11 Å². The van der Waals surface area contributed by atoms with Crippen LogP contribution in [0.4, 0.5) is 8.78 Å². The summed E-state index contributed by atoms with van der Waals surface area (Å²) in [6.07, 6.45) is -0.264. The molecule has 1 aliphatic heterocycles. The molecule has 76 valence electrons. The van der Waals surface area contributed by atoms with Gasteiger partial charge in [-0.3, -0.25) is 4.90 Å². The molecular formula is C10H11F2NO. The first-order valence-corrected chi connectivity index (χ1v) is 4.49. The second kappa shape index (κ2) is 3.63. The number of hydrogen-bond acceptors (Lipinski definition) is 2. The molecular weight excluding hydrogens is 188 g/mol. The molecule has 0 radical (unpaired) electrons. The molecule has 2 rings (SSSR count). The third-order valence-corrected chi connectivity index (χ3v) is 2.33.